The smallest absolute Gasteiger partial charge is 0.224 e. The minimum absolute atomic E-state index is 0.659. The van der Waals surface area contributed by atoms with Crippen LogP contribution in [-0.4, -0.2) is 14.8 Å². The second-order valence-electron chi connectivity index (χ2n) is 4.49. The molecule has 0 radical (unpaired) electrons. The maximum atomic E-state index is 5.39. The first-order chi connectivity index (χ1) is 8.33. The van der Waals surface area contributed by atoms with Crippen molar-refractivity contribution in [2.45, 2.75) is 39.3 Å². The Kier molecular flexibility index (Phi) is 2.59. The summed E-state index contributed by atoms with van der Waals surface area (Å²) < 4.78 is 7.55. The highest BCUT2D eigenvalue weighted by Gasteiger charge is 2.15. The highest BCUT2D eigenvalue weighted by Crippen LogP contribution is 2.18. The van der Waals surface area contributed by atoms with Gasteiger partial charge in [-0.05, 0) is 31.4 Å². The van der Waals surface area contributed by atoms with Crippen molar-refractivity contribution in [2.75, 3.05) is 5.32 Å². The van der Waals surface area contributed by atoms with Gasteiger partial charge in [-0.25, -0.2) is 0 Å². The molecule has 3 heterocycles. The van der Waals surface area contributed by atoms with E-state index in [-0.39, 0.29) is 0 Å². The van der Waals surface area contributed by atoms with Crippen molar-refractivity contribution < 1.29 is 4.42 Å². The molecule has 3 rings (SSSR count). The fourth-order valence-electron chi connectivity index (χ4n) is 2.19. The van der Waals surface area contributed by atoms with Gasteiger partial charge in [-0.15, -0.1) is 10.2 Å². The number of furan rings is 1. The highest BCUT2D eigenvalue weighted by molar-refractivity contribution is 5.28. The minimum atomic E-state index is 0.659. The molecule has 2 aromatic rings. The summed E-state index contributed by atoms with van der Waals surface area (Å²) in [5.74, 6) is 2.87. The Morgan fingerprint density at radius 3 is 3.18 bits per heavy atom. The zero-order chi connectivity index (χ0) is 11.7. The van der Waals surface area contributed by atoms with Gasteiger partial charge in [0.05, 0.1) is 12.8 Å². The van der Waals surface area contributed by atoms with Crippen molar-refractivity contribution >= 4 is 5.95 Å². The van der Waals surface area contributed by atoms with Gasteiger partial charge in [0.25, 0.3) is 0 Å². The molecule has 1 aliphatic rings. The number of rotatable bonds is 3. The van der Waals surface area contributed by atoms with Gasteiger partial charge >= 0.3 is 0 Å². The molecular formula is C12H16N4O. The minimum Gasteiger partial charge on any atom is -0.467 e. The number of hydrogen-bond donors (Lipinski definition) is 1. The fourth-order valence-corrected chi connectivity index (χ4v) is 2.19. The predicted octanol–water partition coefficient (Wildman–Crippen LogP) is 2.13. The molecule has 0 aliphatic carbocycles. The maximum Gasteiger partial charge on any atom is 0.224 e. The zero-order valence-electron chi connectivity index (χ0n) is 9.94. The highest BCUT2D eigenvalue weighted by atomic mass is 16.3. The van der Waals surface area contributed by atoms with Crippen LogP contribution in [0.1, 0.15) is 30.0 Å². The Labute approximate surface area is 99.8 Å². The van der Waals surface area contributed by atoms with Crippen LogP contribution in [0.3, 0.4) is 0 Å². The molecule has 0 bridgehead atoms. The van der Waals surface area contributed by atoms with E-state index in [0.29, 0.717) is 6.54 Å². The lowest BCUT2D eigenvalue weighted by Crippen LogP contribution is -2.13. The second-order valence-corrected chi connectivity index (χ2v) is 4.49. The van der Waals surface area contributed by atoms with E-state index in [4.69, 9.17) is 4.42 Å². The number of aryl methyl sites for hydroxylation is 2. The van der Waals surface area contributed by atoms with Crippen molar-refractivity contribution in [3.63, 3.8) is 0 Å². The summed E-state index contributed by atoms with van der Waals surface area (Å²) in [5, 5.41) is 11.7. The van der Waals surface area contributed by atoms with Crippen LogP contribution in [0.25, 0.3) is 0 Å². The molecule has 0 fully saturated rings. The first kappa shape index (κ1) is 10.4. The molecule has 0 amide bonds. The average molecular weight is 232 g/mol. The van der Waals surface area contributed by atoms with E-state index in [1.807, 2.05) is 13.0 Å². The van der Waals surface area contributed by atoms with Crippen LogP contribution in [0, 0.1) is 6.92 Å². The molecule has 0 aromatic carbocycles. The molecule has 5 heteroatoms. The largest absolute Gasteiger partial charge is 0.467 e. The number of anilines is 1. The Bertz CT molecular complexity index is 514. The Hall–Kier alpha value is -1.78. The molecular weight excluding hydrogens is 216 g/mol. The molecule has 0 atom stereocenters. The summed E-state index contributed by atoms with van der Waals surface area (Å²) in [6.07, 6.45) is 5.22. The molecule has 5 nitrogen and oxygen atoms in total. The molecule has 1 N–H and O–H groups in total. The molecule has 0 saturated carbocycles. The Morgan fingerprint density at radius 2 is 2.35 bits per heavy atom. The quantitative estimate of drug-likeness (QED) is 0.880. The van der Waals surface area contributed by atoms with Gasteiger partial charge in [0.1, 0.15) is 11.6 Å². The number of hydrogen-bond acceptors (Lipinski definition) is 4. The van der Waals surface area contributed by atoms with Gasteiger partial charge in [-0.1, -0.05) is 0 Å². The molecule has 1 aliphatic heterocycles. The number of nitrogens with one attached hydrogen (secondary N) is 1. The van der Waals surface area contributed by atoms with Crippen LogP contribution in [0.4, 0.5) is 5.95 Å². The van der Waals surface area contributed by atoms with Crippen molar-refractivity contribution in [3.05, 3.63) is 29.5 Å². The maximum absolute atomic E-state index is 5.39. The summed E-state index contributed by atoms with van der Waals surface area (Å²) in [5.41, 5.74) is 1.14. The van der Waals surface area contributed by atoms with Gasteiger partial charge in [0.2, 0.25) is 5.95 Å². The van der Waals surface area contributed by atoms with Gasteiger partial charge in [-0.2, -0.15) is 0 Å². The van der Waals surface area contributed by atoms with Gasteiger partial charge < -0.3 is 9.73 Å². The van der Waals surface area contributed by atoms with Gasteiger partial charge in [0.15, 0.2) is 0 Å². The van der Waals surface area contributed by atoms with Crippen molar-refractivity contribution in [1.29, 1.82) is 0 Å². The number of fused-ring (bicyclic) bond motifs is 1. The van der Waals surface area contributed by atoms with Crippen molar-refractivity contribution in [1.82, 2.24) is 14.8 Å². The molecule has 0 saturated heterocycles. The first-order valence-electron chi connectivity index (χ1n) is 6.03. The van der Waals surface area contributed by atoms with Gasteiger partial charge in [-0.3, -0.25) is 4.57 Å². The van der Waals surface area contributed by atoms with Crippen molar-refractivity contribution in [2.24, 2.45) is 0 Å². The van der Waals surface area contributed by atoms with Crippen LogP contribution < -0.4 is 5.32 Å². The SMILES string of the molecule is Cc1coc(CNc2nnc3n2CCCC3)c1. The molecule has 0 spiro atoms. The monoisotopic (exact) mass is 232 g/mol. The molecule has 17 heavy (non-hydrogen) atoms. The molecule has 0 unspecified atom stereocenters. The van der Waals surface area contributed by atoms with Crippen LogP contribution in [0.5, 0.6) is 0 Å². The lowest BCUT2D eigenvalue weighted by atomic mass is 10.2. The number of nitrogens with zero attached hydrogens (tertiary/aromatic N) is 3. The topological polar surface area (TPSA) is 55.9 Å². The third-order valence-electron chi connectivity index (χ3n) is 3.07. The zero-order valence-corrected chi connectivity index (χ0v) is 9.94. The van der Waals surface area contributed by atoms with E-state index in [1.165, 1.54) is 12.8 Å². The lowest BCUT2D eigenvalue weighted by molar-refractivity contribution is 0.509. The normalized spacial score (nSPS) is 14.6. The van der Waals surface area contributed by atoms with E-state index in [2.05, 4.69) is 20.1 Å². The van der Waals surface area contributed by atoms with E-state index in [1.54, 1.807) is 6.26 Å². The van der Waals surface area contributed by atoms with Crippen LogP contribution in [-0.2, 0) is 19.5 Å². The number of aromatic nitrogens is 3. The third-order valence-corrected chi connectivity index (χ3v) is 3.07. The lowest BCUT2D eigenvalue weighted by Gasteiger charge is -2.14. The van der Waals surface area contributed by atoms with Crippen LogP contribution >= 0.6 is 0 Å². The summed E-state index contributed by atoms with van der Waals surface area (Å²) >= 11 is 0. The molecule has 2 aromatic heterocycles. The summed E-state index contributed by atoms with van der Waals surface area (Å²) in [7, 11) is 0. The summed E-state index contributed by atoms with van der Waals surface area (Å²) in [6.45, 7) is 3.69. The standard InChI is InChI=1S/C12H16N4O/c1-9-6-10(17-8-9)7-13-12-15-14-11-4-2-3-5-16(11)12/h6,8H,2-5,7H2,1H3,(H,13,15). The summed E-state index contributed by atoms with van der Waals surface area (Å²) in [4.78, 5) is 0. The van der Waals surface area contributed by atoms with Crippen molar-refractivity contribution in [3.8, 4) is 0 Å². The van der Waals surface area contributed by atoms with Crippen LogP contribution in [0.2, 0.25) is 0 Å². The van der Waals surface area contributed by atoms with Gasteiger partial charge in [0, 0.05) is 13.0 Å². The Morgan fingerprint density at radius 1 is 1.41 bits per heavy atom. The average Bonchev–Trinajstić information content (AvgIpc) is 2.93. The second kappa shape index (κ2) is 4.24. The fraction of sp³-hybridized carbons (Fsp3) is 0.500. The van der Waals surface area contributed by atoms with E-state index < -0.39 is 0 Å². The predicted molar refractivity (Wildman–Crippen MR) is 63.7 cm³/mol. The van der Waals surface area contributed by atoms with E-state index in [0.717, 1.165) is 36.1 Å². The van der Waals surface area contributed by atoms with E-state index >= 15 is 0 Å². The first-order valence-corrected chi connectivity index (χ1v) is 6.03. The van der Waals surface area contributed by atoms with Crippen LogP contribution in [0.15, 0.2) is 16.7 Å². The third kappa shape index (κ3) is 2.05. The molecule has 90 valence electrons. The van der Waals surface area contributed by atoms with E-state index in [9.17, 15) is 0 Å². The summed E-state index contributed by atoms with van der Waals surface area (Å²) in [6, 6.07) is 2.03. The Balaban J connectivity index is 1.71.